The van der Waals surface area contributed by atoms with E-state index in [0.29, 0.717) is 42.5 Å². The standard InChI is InChI=1S/C27H48O4Si/c1-24(2,3)32(6,7)31-19-10-12-25(4)18(16-19)8-9-20-21-11-13-27(29-14-15-30-27)26(21,5)23(28)17-22(20)25/h18-23,28H,8-17H2,1-7H3/t18-,19+,20?,21?,22?,23+,25+,26-/m1/s1. The van der Waals surface area contributed by atoms with Crippen LogP contribution in [0.1, 0.15) is 86.0 Å². The van der Waals surface area contributed by atoms with Crippen LogP contribution in [0.2, 0.25) is 18.1 Å². The topological polar surface area (TPSA) is 47.9 Å². The van der Waals surface area contributed by atoms with Crippen LogP contribution in [0.15, 0.2) is 0 Å². The van der Waals surface area contributed by atoms with Crippen molar-refractivity contribution in [2.45, 2.75) is 122 Å². The maximum atomic E-state index is 11.6. The second kappa shape index (κ2) is 7.53. The molecule has 4 nitrogen and oxygen atoms in total. The second-order valence-electron chi connectivity index (χ2n) is 14.0. The minimum Gasteiger partial charge on any atom is -0.414 e. The summed E-state index contributed by atoms with van der Waals surface area (Å²) in [4.78, 5) is 0. The Kier molecular flexibility index (Phi) is 5.59. The maximum Gasteiger partial charge on any atom is 0.192 e. The number of rotatable bonds is 2. The third-order valence-corrected chi connectivity index (χ3v) is 16.3. The number of fused-ring (bicyclic) bond motifs is 6. The highest BCUT2D eigenvalue weighted by Gasteiger charge is 2.70. The van der Waals surface area contributed by atoms with E-state index in [0.717, 1.165) is 25.2 Å². The van der Waals surface area contributed by atoms with E-state index >= 15 is 0 Å². The van der Waals surface area contributed by atoms with Crippen molar-refractivity contribution in [1.29, 1.82) is 0 Å². The summed E-state index contributed by atoms with van der Waals surface area (Å²) in [6.07, 6.45) is 9.43. The number of ether oxygens (including phenoxy) is 2. The van der Waals surface area contributed by atoms with E-state index in [1.54, 1.807) is 0 Å². The summed E-state index contributed by atoms with van der Waals surface area (Å²) in [6, 6.07) is 0. The molecule has 5 rings (SSSR count). The average Bonchev–Trinajstić information content (AvgIpc) is 3.29. The fourth-order valence-corrected chi connectivity index (χ4v) is 10.2. The molecule has 1 saturated heterocycles. The Morgan fingerprint density at radius 3 is 2.25 bits per heavy atom. The van der Waals surface area contributed by atoms with Crippen LogP contribution in [0.25, 0.3) is 0 Å². The molecule has 3 unspecified atom stereocenters. The molecule has 4 aliphatic carbocycles. The molecule has 5 fully saturated rings. The zero-order valence-electron chi connectivity index (χ0n) is 21.7. The van der Waals surface area contributed by atoms with Crippen molar-refractivity contribution in [3.63, 3.8) is 0 Å². The van der Waals surface area contributed by atoms with E-state index in [9.17, 15) is 5.11 Å². The van der Waals surface area contributed by atoms with Crippen molar-refractivity contribution in [1.82, 2.24) is 0 Å². The molecular weight excluding hydrogens is 416 g/mol. The maximum absolute atomic E-state index is 11.6. The molecule has 32 heavy (non-hydrogen) atoms. The Morgan fingerprint density at radius 1 is 0.906 bits per heavy atom. The van der Waals surface area contributed by atoms with E-state index in [1.165, 1.54) is 32.1 Å². The summed E-state index contributed by atoms with van der Waals surface area (Å²) in [5.74, 6) is 2.05. The fourth-order valence-electron chi connectivity index (χ4n) is 8.78. The van der Waals surface area contributed by atoms with Crippen LogP contribution in [0.4, 0.5) is 0 Å². The summed E-state index contributed by atoms with van der Waals surface area (Å²) in [7, 11) is -1.73. The first-order valence-corrected chi connectivity index (χ1v) is 16.4. The van der Waals surface area contributed by atoms with Crippen molar-refractivity contribution in [2.75, 3.05) is 13.2 Å². The smallest absolute Gasteiger partial charge is 0.192 e. The molecule has 5 aliphatic rings. The first-order valence-electron chi connectivity index (χ1n) is 13.5. The molecular formula is C27H48O4Si. The van der Waals surface area contributed by atoms with Crippen molar-refractivity contribution in [2.24, 2.45) is 34.5 Å². The Labute approximate surface area is 197 Å². The largest absolute Gasteiger partial charge is 0.414 e. The molecule has 5 heteroatoms. The SMILES string of the molecule is CC(C)(C)[Si](C)(C)O[C@H]1CC[C@]2(C)C3C[C@H](O)[C@@]4(C)C(CCC45OCCO5)C3CC[C@@H]2C1. The predicted molar refractivity (Wildman–Crippen MR) is 130 cm³/mol. The summed E-state index contributed by atoms with van der Waals surface area (Å²) < 4.78 is 19.4. The molecule has 0 aromatic heterocycles. The lowest BCUT2D eigenvalue weighted by atomic mass is 9.44. The summed E-state index contributed by atoms with van der Waals surface area (Å²) in [5.41, 5.74) is 0.0855. The first-order chi connectivity index (χ1) is 14.8. The lowest BCUT2D eigenvalue weighted by molar-refractivity contribution is -0.279. The quantitative estimate of drug-likeness (QED) is 0.499. The number of hydrogen-bond donors (Lipinski definition) is 1. The molecule has 8 atom stereocenters. The third-order valence-electron chi connectivity index (χ3n) is 11.8. The zero-order valence-corrected chi connectivity index (χ0v) is 22.7. The summed E-state index contributed by atoms with van der Waals surface area (Å²) in [6.45, 7) is 18.1. The van der Waals surface area contributed by atoms with Gasteiger partial charge in [0.15, 0.2) is 14.1 Å². The van der Waals surface area contributed by atoms with E-state index < -0.39 is 14.1 Å². The Morgan fingerprint density at radius 2 is 1.59 bits per heavy atom. The molecule has 0 radical (unpaired) electrons. The summed E-state index contributed by atoms with van der Waals surface area (Å²) >= 11 is 0. The molecule has 184 valence electrons. The van der Waals surface area contributed by atoms with Crippen molar-refractivity contribution in [3.05, 3.63) is 0 Å². The molecule has 0 bridgehead atoms. The molecule has 1 N–H and O–H groups in total. The van der Waals surface area contributed by atoms with E-state index in [1.807, 2.05) is 0 Å². The molecule has 1 aliphatic heterocycles. The third kappa shape index (κ3) is 3.20. The van der Waals surface area contributed by atoms with Gasteiger partial charge in [0.1, 0.15) is 0 Å². The predicted octanol–water partition coefficient (Wildman–Crippen LogP) is 6.13. The summed E-state index contributed by atoms with van der Waals surface area (Å²) in [5, 5.41) is 11.9. The van der Waals surface area contributed by atoms with Gasteiger partial charge >= 0.3 is 0 Å². The van der Waals surface area contributed by atoms with Crippen LogP contribution >= 0.6 is 0 Å². The van der Waals surface area contributed by atoms with Gasteiger partial charge in [0.2, 0.25) is 0 Å². The normalized spacial score (nSPS) is 48.4. The van der Waals surface area contributed by atoms with E-state index in [4.69, 9.17) is 13.9 Å². The first kappa shape index (κ1) is 23.8. The average molecular weight is 465 g/mol. The van der Waals surface area contributed by atoms with Crippen LogP contribution in [0.3, 0.4) is 0 Å². The lowest BCUT2D eigenvalue weighted by Crippen LogP contribution is -2.62. The van der Waals surface area contributed by atoms with E-state index in [-0.39, 0.29) is 16.6 Å². The molecule has 1 heterocycles. The van der Waals surface area contributed by atoms with Crippen LogP contribution < -0.4 is 0 Å². The fraction of sp³-hybridized carbons (Fsp3) is 1.00. The van der Waals surface area contributed by atoms with Gasteiger partial charge in [-0.3, -0.25) is 0 Å². The van der Waals surface area contributed by atoms with Crippen LogP contribution in [-0.2, 0) is 13.9 Å². The molecule has 1 spiro atoms. The van der Waals surface area contributed by atoms with Gasteiger partial charge in [-0.25, -0.2) is 0 Å². The van der Waals surface area contributed by atoms with Crippen LogP contribution in [0, 0.1) is 34.5 Å². The van der Waals surface area contributed by atoms with Gasteiger partial charge < -0.3 is 19.0 Å². The minimum absolute atomic E-state index is 0.253. The van der Waals surface area contributed by atoms with Crippen LogP contribution in [0.5, 0.6) is 0 Å². The molecule has 4 saturated carbocycles. The van der Waals surface area contributed by atoms with Gasteiger partial charge in [-0.1, -0.05) is 34.6 Å². The Balaban J connectivity index is 1.35. The Bertz CT molecular complexity index is 726. The van der Waals surface area contributed by atoms with Gasteiger partial charge in [-0.05, 0) is 92.2 Å². The molecule has 0 aromatic carbocycles. The van der Waals surface area contributed by atoms with Crippen molar-refractivity contribution < 1.29 is 19.0 Å². The highest BCUT2D eigenvalue weighted by Crippen LogP contribution is 2.69. The van der Waals surface area contributed by atoms with Gasteiger partial charge in [0, 0.05) is 12.5 Å². The Hall–Kier alpha value is 0.0569. The van der Waals surface area contributed by atoms with Gasteiger partial charge in [0.05, 0.1) is 24.7 Å². The zero-order chi connectivity index (χ0) is 23.2. The van der Waals surface area contributed by atoms with Gasteiger partial charge in [-0.2, -0.15) is 0 Å². The van der Waals surface area contributed by atoms with Crippen LogP contribution in [-0.4, -0.2) is 44.6 Å². The van der Waals surface area contributed by atoms with Gasteiger partial charge in [0.25, 0.3) is 0 Å². The highest BCUT2D eigenvalue weighted by molar-refractivity contribution is 6.74. The highest BCUT2D eigenvalue weighted by atomic mass is 28.4. The van der Waals surface area contributed by atoms with Crippen molar-refractivity contribution in [3.8, 4) is 0 Å². The van der Waals surface area contributed by atoms with E-state index in [2.05, 4.69) is 47.7 Å². The number of hydrogen-bond acceptors (Lipinski definition) is 4. The van der Waals surface area contributed by atoms with Crippen molar-refractivity contribution >= 4 is 8.32 Å². The monoisotopic (exact) mass is 464 g/mol. The second-order valence-corrected chi connectivity index (χ2v) is 18.7. The minimum atomic E-state index is -1.73. The molecule has 0 aromatic rings. The number of aliphatic hydroxyl groups excluding tert-OH is 1. The lowest BCUT2D eigenvalue weighted by Gasteiger charge is -2.63. The number of aliphatic hydroxyl groups is 1. The van der Waals surface area contributed by atoms with Gasteiger partial charge in [-0.15, -0.1) is 0 Å². The molecule has 0 amide bonds.